The van der Waals surface area contributed by atoms with E-state index in [1.807, 2.05) is 20.8 Å². The van der Waals surface area contributed by atoms with Gasteiger partial charge in [0.15, 0.2) is 0 Å². The van der Waals surface area contributed by atoms with E-state index in [4.69, 9.17) is 0 Å². The molecule has 3 heterocycles. The van der Waals surface area contributed by atoms with E-state index in [-0.39, 0.29) is 35.7 Å². The van der Waals surface area contributed by atoms with Crippen LogP contribution in [0.2, 0.25) is 0 Å². The van der Waals surface area contributed by atoms with Gasteiger partial charge in [-0.2, -0.15) is 5.10 Å². The molecule has 3 rings (SSSR count). The van der Waals surface area contributed by atoms with Crippen LogP contribution in [0.5, 0.6) is 0 Å². The summed E-state index contributed by atoms with van der Waals surface area (Å²) >= 11 is 0. The smallest absolute Gasteiger partial charge is 0.269 e. The van der Waals surface area contributed by atoms with E-state index in [0.29, 0.717) is 12.1 Å². The van der Waals surface area contributed by atoms with Crippen LogP contribution in [0.4, 0.5) is 0 Å². The molecule has 3 amide bonds. The van der Waals surface area contributed by atoms with Crippen LogP contribution < -0.4 is 10.6 Å². The number of hydrogen-bond acceptors (Lipinski definition) is 5. The van der Waals surface area contributed by atoms with Crippen molar-refractivity contribution in [2.75, 3.05) is 6.54 Å². The topological polar surface area (TPSA) is 117 Å². The quantitative estimate of drug-likeness (QED) is 0.644. The van der Waals surface area contributed by atoms with Gasteiger partial charge in [-0.3, -0.25) is 19.1 Å². The average Bonchev–Trinajstić information content (AvgIpc) is 3.14. The molecule has 1 aromatic heterocycles. The summed E-state index contributed by atoms with van der Waals surface area (Å²) in [6, 6.07) is -0.124. The molecule has 2 saturated heterocycles. The Morgan fingerprint density at radius 2 is 2.07 bits per heavy atom. The molecule has 0 aliphatic carbocycles. The van der Waals surface area contributed by atoms with Gasteiger partial charge in [0, 0.05) is 25.0 Å². The van der Waals surface area contributed by atoms with E-state index >= 15 is 0 Å². The molecule has 0 unspecified atom stereocenters. The van der Waals surface area contributed by atoms with Crippen molar-refractivity contribution in [3.63, 3.8) is 0 Å². The molecule has 0 spiro atoms. The van der Waals surface area contributed by atoms with Gasteiger partial charge in [-0.15, -0.1) is 0 Å². The number of rotatable bonds is 3. The summed E-state index contributed by atoms with van der Waals surface area (Å²) in [5.41, 5.74) is 1.07. The first-order chi connectivity index (χ1) is 12.5. The summed E-state index contributed by atoms with van der Waals surface area (Å²) in [5.74, 6) is -0.903. The zero-order valence-corrected chi connectivity index (χ0v) is 16.3. The Balaban J connectivity index is 1.71. The van der Waals surface area contributed by atoms with Gasteiger partial charge < -0.3 is 20.6 Å². The molecule has 0 saturated carbocycles. The molecule has 2 aliphatic rings. The highest BCUT2D eigenvalue weighted by atomic mass is 16.3. The van der Waals surface area contributed by atoms with Crippen molar-refractivity contribution >= 4 is 17.7 Å². The fourth-order valence-electron chi connectivity index (χ4n) is 3.56. The van der Waals surface area contributed by atoms with Crippen molar-refractivity contribution in [2.45, 2.75) is 63.8 Å². The van der Waals surface area contributed by atoms with Gasteiger partial charge in [0.1, 0.15) is 17.8 Å². The van der Waals surface area contributed by atoms with E-state index in [1.165, 1.54) is 11.8 Å². The third kappa shape index (κ3) is 3.55. The number of piperazine rings is 1. The second kappa shape index (κ2) is 6.63. The molecule has 0 aromatic carbocycles. The fraction of sp³-hybridized carbons (Fsp3) is 0.667. The molecular weight excluding hydrogens is 350 g/mol. The number of carbonyl (C=O) groups excluding carboxylic acids is 3. The highest BCUT2D eigenvalue weighted by Crippen LogP contribution is 2.25. The number of nitrogens with one attached hydrogen (secondary N) is 2. The standard InChI is InChI=1S/C18H27N5O4/c1-9(24)14-17(27)23-8-10(6-12(23)16(26)20-14)19-15(25)11-7-13(18(2,3)4)21-22(11)5/h7,9-10,12,14,24H,6,8H2,1-5H3,(H,19,25)(H,20,26)/t9-,10-,12-,14+/m0/s1. The van der Waals surface area contributed by atoms with Crippen molar-refractivity contribution in [1.82, 2.24) is 25.3 Å². The number of aryl methyl sites for hydroxylation is 1. The molecule has 2 aliphatic heterocycles. The lowest BCUT2D eigenvalue weighted by molar-refractivity contribution is -0.149. The van der Waals surface area contributed by atoms with Crippen molar-refractivity contribution in [3.05, 3.63) is 17.5 Å². The Bertz CT molecular complexity index is 779. The molecule has 2 fully saturated rings. The van der Waals surface area contributed by atoms with E-state index in [0.717, 1.165) is 5.69 Å². The Morgan fingerprint density at radius 3 is 2.63 bits per heavy atom. The molecule has 148 valence electrons. The number of aliphatic hydroxyl groups is 1. The maximum Gasteiger partial charge on any atom is 0.269 e. The van der Waals surface area contributed by atoms with Crippen LogP contribution >= 0.6 is 0 Å². The molecule has 4 atom stereocenters. The lowest BCUT2D eigenvalue weighted by atomic mass is 9.92. The van der Waals surface area contributed by atoms with Crippen LogP contribution in [0.3, 0.4) is 0 Å². The maximum absolute atomic E-state index is 12.7. The lowest BCUT2D eigenvalue weighted by Gasteiger charge is -2.35. The highest BCUT2D eigenvalue weighted by molar-refractivity contribution is 5.98. The predicted molar refractivity (Wildman–Crippen MR) is 96.9 cm³/mol. The van der Waals surface area contributed by atoms with E-state index in [9.17, 15) is 19.5 Å². The minimum atomic E-state index is -0.971. The van der Waals surface area contributed by atoms with E-state index in [1.54, 1.807) is 17.8 Å². The van der Waals surface area contributed by atoms with Gasteiger partial charge in [-0.1, -0.05) is 20.8 Å². The van der Waals surface area contributed by atoms with Crippen LogP contribution in [0.25, 0.3) is 0 Å². The molecule has 0 bridgehead atoms. The maximum atomic E-state index is 12.7. The third-order valence-corrected chi connectivity index (χ3v) is 5.15. The normalized spacial score (nSPS) is 26.6. The van der Waals surface area contributed by atoms with Crippen LogP contribution in [-0.2, 0) is 22.1 Å². The molecule has 9 nitrogen and oxygen atoms in total. The number of carbonyl (C=O) groups is 3. The first-order valence-electron chi connectivity index (χ1n) is 9.13. The van der Waals surface area contributed by atoms with Crippen LogP contribution in [0.1, 0.15) is 50.3 Å². The summed E-state index contributed by atoms with van der Waals surface area (Å²) in [6.07, 6.45) is -0.624. The van der Waals surface area contributed by atoms with Gasteiger partial charge in [0.05, 0.1) is 11.8 Å². The zero-order valence-electron chi connectivity index (χ0n) is 16.3. The van der Waals surface area contributed by atoms with Crippen LogP contribution in [0, 0.1) is 0 Å². The number of aromatic nitrogens is 2. The number of fused-ring (bicyclic) bond motifs is 1. The fourth-order valence-corrected chi connectivity index (χ4v) is 3.56. The van der Waals surface area contributed by atoms with E-state index < -0.39 is 18.2 Å². The Labute approximate surface area is 158 Å². The SMILES string of the molecule is C[C@H](O)[C@H]1NC(=O)[C@@H]2C[C@H](NC(=O)c3cc(C(C)(C)C)nn3C)CN2C1=O. The zero-order chi connectivity index (χ0) is 20.1. The highest BCUT2D eigenvalue weighted by Gasteiger charge is 2.48. The van der Waals surface area contributed by atoms with Gasteiger partial charge in [0.25, 0.3) is 5.91 Å². The predicted octanol–water partition coefficient (Wildman–Crippen LogP) is -0.704. The molecule has 27 heavy (non-hydrogen) atoms. The monoisotopic (exact) mass is 377 g/mol. The largest absolute Gasteiger partial charge is 0.391 e. The minimum Gasteiger partial charge on any atom is -0.391 e. The number of hydrogen-bond donors (Lipinski definition) is 3. The Hall–Kier alpha value is -2.42. The van der Waals surface area contributed by atoms with Crippen molar-refractivity contribution in [1.29, 1.82) is 0 Å². The summed E-state index contributed by atoms with van der Waals surface area (Å²) in [4.78, 5) is 38.9. The number of aliphatic hydroxyl groups excluding tert-OH is 1. The minimum absolute atomic E-state index is 0.176. The second-order valence-corrected chi connectivity index (χ2v) is 8.43. The summed E-state index contributed by atoms with van der Waals surface area (Å²) in [5, 5.41) is 19.6. The van der Waals surface area contributed by atoms with Crippen LogP contribution in [0.15, 0.2) is 6.07 Å². The van der Waals surface area contributed by atoms with Crippen molar-refractivity contribution < 1.29 is 19.5 Å². The molecular formula is C18H27N5O4. The molecule has 1 aromatic rings. The first kappa shape index (κ1) is 19.3. The Kier molecular flexibility index (Phi) is 4.75. The molecule has 9 heteroatoms. The van der Waals surface area contributed by atoms with Crippen LogP contribution in [-0.4, -0.2) is 68.3 Å². The molecule has 3 N–H and O–H groups in total. The van der Waals surface area contributed by atoms with Crippen molar-refractivity contribution in [2.24, 2.45) is 7.05 Å². The van der Waals surface area contributed by atoms with Gasteiger partial charge in [-0.25, -0.2) is 0 Å². The number of nitrogens with zero attached hydrogens (tertiary/aromatic N) is 3. The number of amides is 3. The first-order valence-corrected chi connectivity index (χ1v) is 9.13. The average molecular weight is 377 g/mol. The Morgan fingerprint density at radius 1 is 1.41 bits per heavy atom. The summed E-state index contributed by atoms with van der Waals surface area (Å²) in [6.45, 7) is 7.78. The summed E-state index contributed by atoms with van der Waals surface area (Å²) < 4.78 is 1.54. The second-order valence-electron chi connectivity index (χ2n) is 8.43. The van der Waals surface area contributed by atoms with Gasteiger partial charge >= 0.3 is 0 Å². The third-order valence-electron chi connectivity index (χ3n) is 5.15. The molecule has 0 radical (unpaired) electrons. The van der Waals surface area contributed by atoms with Gasteiger partial charge in [-0.05, 0) is 19.4 Å². The summed E-state index contributed by atoms with van der Waals surface area (Å²) in [7, 11) is 1.71. The van der Waals surface area contributed by atoms with Gasteiger partial charge in [0.2, 0.25) is 11.8 Å². The lowest BCUT2D eigenvalue weighted by Crippen LogP contribution is -2.64. The van der Waals surface area contributed by atoms with E-state index in [2.05, 4.69) is 15.7 Å². The van der Waals surface area contributed by atoms with Crippen molar-refractivity contribution in [3.8, 4) is 0 Å².